The second kappa shape index (κ2) is 4.82. The van der Waals surface area contributed by atoms with E-state index < -0.39 is 25.2 Å². The number of fused-ring (bicyclic) bond motifs is 1. The number of halogens is 1. The van der Waals surface area contributed by atoms with Crippen molar-refractivity contribution in [2.45, 2.75) is 45.5 Å². The van der Waals surface area contributed by atoms with E-state index in [9.17, 15) is 9.65 Å². The third-order valence-electron chi connectivity index (χ3n) is 3.95. The molecule has 0 amide bonds. The molecule has 0 spiro atoms. The summed E-state index contributed by atoms with van der Waals surface area (Å²) in [5, 5.41) is 9.94. The molecule has 0 aromatic heterocycles. The molecule has 2 rings (SSSR count). The second-order valence-corrected chi connectivity index (χ2v) is 11.6. The van der Waals surface area contributed by atoms with Gasteiger partial charge in [-0.05, 0) is 37.7 Å². The molecular formula is C16H22FNO2Si. The summed E-state index contributed by atoms with van der Waals surface area (Å²) in [6, 6.07) is 5.48. The first-order valence-corrected chi connectivity index (χ1v) is 10.5. The van der Waals surface area contributed by atoms with Crippen LogP contribution in [-0.4, -0.2) is 15.4 Å². The number of nitrogens with zero attached hydrogens (tertiary/aromatic N) is 1. The van der Waals surface area contributed by atoms with Crippen LogP contribution in [0.5, 0.6) is 5.75 Å². The Morgan fingerprint density at radius 2 is 1.90 bits per heavy atom. The Hall–Kier alpha value is -1.38. The predicted molar refractivity (Wildman–Crippen MR) is 82.2 cm³/mol. The maximum Gasteiger partial charge on any atom is 0.186 e. The van der Waals surface area contributed by atoms with E-state index in [2.05, 4.69) is 6.07 Å². The zero-order valence-corrected chi connectivity index (χ0v) is 14.5. The van der Waals surface area contributed by atoms with Gasteiger partial charge in [0.1, 0.15) is 6.07 Å². The van der Waals surface area contributed by atoms with E-state index in [1.165, 1.54) is 13.2 Å². The number of methoxy groups -OCH3 is 1. The molecular weight excluding hydrogens is 285 g/mol. The molecule has 1 atom stereocenters. The quantitative estimate of drug-likeness (QED) is 0.793. The van der Waals surface area contributed by atoms with Gasteiger partial charge in [0.05, 0.1) is 7.11 Å². The minimum absolute atomic E-state index is 0.137. The van der Waals surface area contributed by atoms with Gasteiger partial charge in [-0.2, -0.15) is 5.26 Å². The Balaban J connectivity index is 2.78. The van der Waals surface area contributed by atoms with Gasteiger partial charge in [0, 0.05) is 11.0 Å². The average molecular weight is 307 g/mol. The van der Waals surface area contributed by atoms with E-state index in [-0.39, 0.29) is 5.75 Å². The molecule has 1 unspecified atom stereocenters. The largest absolute Gasteiger partial charge is 0.493 e. The van der Waals surface area contributed by atoms with Crippen molar-refractivity contribution in [3.63, 3.8) is 0 Å². The third kappa shape index (κ3) is 2.37. The molecule has 5 heteroatoms. The molecule has 0 N–H and O–H groups in total. The zero-order chi connectivity index (χ0) is 16.1. The van der Waals surface area contributed by atoms with E-state index in [4.69, 9.17) is 9.16 Å². The van der Waals surface area contributed by atoms with Gasteiger partial charge in [-0.25, -0.2) is 4.39 Å². The maximum absolute atomic E-state index is 14.1. The van der Waals surface area contributed by atoms with Crippen molar-refractivity contribution in [1.29, 1.82) is 5.26 Å². The third-order valence-corrected chi connectivity index (χ3v) is 4.87. The molecule has 0 aliphatic heterocycles. The van der Waals surface area contributed by atoms with Crippen molar-refractivity contribution >= 4 is 8.32 Å². The Morgan fingerprint density at radius 3 is 2.38 bits per heavy atom. The number of hydrogen-bond donors (Lipinski definition) is 0. The molecule has 1 aliphatic rings. The first kappa shape index (κ1) is 16.0. The van der Waals surface area contributed by atoms with Gasteiger partial charge < -0.3 is 9.16 Å². The molecule has 0 radical (unpaired) electrons. The Kier molecular flexibility index (Phi) is 3.67. The topological polar surface area (TPSA) is 42.2 Å². The van der Waals surface area contributed by atoms with E-state index in [1.54, 1.807) is 6.07 Å². The van der Waals surface area contributed by atoms with Crippen LogP contribution in [0.15, 0.2) is 12.1 Å². The lowest BCUT2D eigenvalue weighted by molar-refractivity contribution is 0.00971. The SMILES string of the molecule is COc1c(F)ccc2c1C(C#N)(O[Si](C)(C)C)C(C)(C)C2. The Bertz CT molecular complexity index is 616. The molecule has 0 bridgehead atoms. The van der Waals surface area contributed by atoms with E-state index in [0.717, 1.165) is 5.56 Å². The normalized spacial score (nSPS) is 23.5. The van der Waals surface area contributed by atoms with Crippen LogP contribution in [-0.2, 0) is 16.4 Å². The Morgan fingerprint density at radius 1 is 1.29 bits per heavy atom. The molecule has 21 heavy (non-hydrogen) atoms. The summed E-state index contributed by atoms with van der Waals surface area (Å²) in [6.45, 7) is 10.1. The Labute approximate surface area is 126 Å². The smallest absolute Gasteiger partial charge is 0.186 e. The van der Waals surface area contributed by atoms with Gasteiger partial charge in [-0.15, -0.1) is 0 Å². The van der Waals surface area contributed by atoms with Crippen molar-refractivity contribution < 1.29 is 13.6 Å². The first-order valence-electron chi connectivity index (χ1n) is 7.05. The number of rotatable bonds is 3. The summed E-state index contributed by atoms with van der Waals surface area (Å²) in [5.41, 5.74) is -0.107. The highest BCUT2D eigenvalue weighted by Gasteiger charge is 2.57. The van der Waals surface area contributed by atoms with Crippen LogP contribution in [0.3, 0.4) is 0 Å². The lowest BCUT2D eigenvalue weighted by Crippen LogP contribution is -2.47. The predicted octanol–water partition coefficient (Wildman–Crippen LogP) is 3.99. The fourth-order valence-electron chi connectivity index (χ4n) is 3.15. The van der Waals surface area contributed by atoms with Crippen molar-refractivity contribution in [1.82, 2.24) is 0 Å². The number of nitriles is 1. The molecule has 3 nitrogen and oxygen atoms in total. The molecule has 0 fully saturated rings. The number of hydrogen-bond acceptors (Lipinski definition) is 3. The van der Waals surface area contributed by atoms with E-state index in [1.807, 2.05) is 33.5 Å². The van der Waals surface area contributed by atoms with Gasteiger partial charge >= 0.3 is 0 Å². The van der Waals surface area contributed by atoms with Crippen LogP contribution in [0.25, 0.3) is 0 Å². The highest BCUT2D eigenvalue weighted by Crippen LogP contribution is 2.56. The van der Waals surface area contributed by atoms with Crippen LogP contribution in [0.1, 0.15) is 25.0 Å². The second-order valence-electron chi connectivity index (χ2n) is 7.18. The van der Waals surface area contributed by atoms with Gasteiger partial charge in [0.15, 0.2) is 25.5 Å². The van der Waals surface area contributed by atoms with Crippen LogP contribution < -0.4 is 4.74 Å². The van der Waals surface area contributed by atoms with Gasteiger partial charge in [-0.3, -0.25) is 0 Å². The highest BCUT2D eigenvalue weighted by atomic mass is 28.4. The summed E-state index contributed by atoms with van der Waals surface area (Å²) in [6.07, 6.45) is 0.664. The summed E-state index contributed by atoms with van der Waals surface area (Å²) >= 11 is 0. The monoisotopic (exact) mass is 307 g/mol. The summed E-state index contributed by atoms with van der Waals surface area (Å²) < 4.78 is 25.7. The lowest BCUT2D eigenvalue weighted by atomic mass is 9.76. The van der Waals surface area contributed by atoms with Crippen LogP contribution >= 0.6 is 0 Å². The van der Waals surface area contributed by atoms with Crippen LogP contribution in [0.2, 0.25) is 19.6 Å². The van der Waals surface area contributed by atoms with E-state index in [0.29, 0.717) is 12.0 Å². The van der Waals surface area contributed by atoms with Gasteiger partial charge in [0.25, 0.3) is 0 Å². The van der Waals surface area contributed by atoms with Crippen molar-refractivity contribution in [2.24, 2.45) is 5.41 Å². The molecule has 114 valence electrons. The number of ether oxygens (including phenoxy) is 1. The number of benzene rings is 1. The summed E-state index contributed by atoms with van der Waals surface area (Å²) in [5.74, 6) is -0.314. The fraction of sp³-hybridized carbons (Fsp3) is 0.562. The zero-order valence-electron chi connectivity index (χ0n) is 13.5. The van der Waals surface area contributed by atoms with E-state index >= 15 is 0 Å². The minimum atomic E-state index is -2.03. The fourth-order valence-corrected chi connectivity index (χ4v) is 4.49. The maximum atomic E-state index is 14.1. The standard InChI is InChI=1S/C16H22FNO2Si/c1-15(2)9-11-7-8-12(17)14(19-3)13(11)16(15,10-18)20-21(4,5)6/h7-8H,9H2,1-6H3. The van der Waals surface area contributed by atoms with Crippen LogP contribution in [0, 0.1) is 22.6 Å². The van der Waals surface area contributed by atoms with Gasteiger partial charge in [0.2, 0.25) is 0 Å². The first-order chi connectivity index (χ1) is 9.58. The minimum Gasteiger partial charge on any atom is -0.493 e. The molecule has 0 saturated carbocycles. The average Bonchev–Trinajstić information content (AvgIpc) is 2.56. The lowest BCUT2D eigenvalue weighted by Gasteiger charge is -2.41. The molecule has 1 aromatic rings. The van der Waals surface area contributed by atoms with Crippen molar-refractivity contribution in [3.8, 4) is 11.8 Å². The van der Waals surface area contributed by atoms with Gasteiger partial charge in [-0.1, -0.05) is 19.9 Å². The molecule has 1 aromatic carbocycles. The molecule has 0 heterocycles. The molecule has 0 saturated heterocycles. The van der Waals surface area contributed by atoms with Crippen molar-refractivity contribution in [3.05, 3.63) is 29.1 Å². The highest BCUT2D eigenvalue weighted by molar-refractivity contribution is 6.69. The van der Waals surface area contributed by atoms with Crippen molar-refractivity contribution in [2.75, 3.05) is 7.11 Å². The summed E-state index contributed by atoms with van der Waals surface area (Å²) in [4.78, 5) is 0. The summed E-state index contributed by atoms with van der Waals surface area (Å²) in [7, 11) is -0.595. The molecule has 1 aliphatic carbocycles. The van der Waals surface area contributed by atoms with Crippen LogP contribution in [0.4, 0.5) is 4.39 Å².